The molecule has 54 heavy (non-hydrogen) atoms. The van der Waals surface area contributed by atoms with E-state index in [-0.39, 0.29) is 22.6 Å². The maximum atomic E-state index is 12.2. The Hall–Kier alpha value is -1.67. The number of ether oxygens (including phenoxy) is 6. The van der Waals surface area contributed by atoms with E-state index >= 15 is 0 Å². The molecule has 0 radical (unpaired) electrons. The molecule has 0 saturated carbocycles. The van der Waals surface area contributed by atoms with Gasteiger partial charge in [0.05, 0.1) is 0 Å². The first-order valence-corrected chi connectivity index (χ1v) is 21.0. The zero-order valence-corrected chi connectivity index (χ0v) is 35.8. The van der Waals surface area contributed by atoms with Gasteiger partial charge in [-0.25, -0.2) is 0 Å². The third-order valence-corrected chi connectivity index (χ3v) is 8.08. The number of Topliss-reactive ketones (excluding diaryl/α,β-unsaturated/α-hetero) is 1. The summed E-state index contributed by atoms with van der Waals surface area (Å²) in [7, 11) is 2.10. The minimum absolute atomic E-state index is 0.0164. The Morgan fingerprint density at radius 3 is 1.13 bits per heavy atom. The van der Waals surface area contributed by atoms with Crippen LogP contribution >= 0.6 is 0 Å². The largest absolute Gasteiger partial charge is 0.381 e. The zero-order chi connectivity index (χ0) is 40.2. The van der Waals surface area contributed by atoms with Crippen molar-refractivity contribution in [3.8, 4) is 0 Å². The van der Waals surface area contributed by atoms with Crippen molar-refractivity contribution in [1.29, 1.82) is 0 Å². The van der Waals surface area contributed by atoms with Crippen LogP contribution in [-0.4, -0.2) is 135 Å². The van der Waals surface area contributed by atoms with E-state index in [0.717, 1.165) is 77.3 Å². The molecular formula is C42H83N3O9. The summed E-state index contributed by atoms with van der Waals surface area (Å²) in [5.74, 6) is 0.546. The fourth-order valence-electron chi connectivity index (χ4n) is 5.31. The summed E-state index contributed by atoms with van der Waals surface area (Å²) in [6.45, 7) is 23.8. The molecule has 2 N–H and O–H groups in total. The van der Waals surface area contributed by atoms with Gasteiger partial charge in [-0.05, 0) is 95.2 Å². The van der Waals surface area contributed by atoms with Gasteiger partial charge in [0.1, 0.15) is 5.78 Å². The summed E-state index contributed by atoms with van der Waals surface area (Å²) < 4.78 is 33.9. The number of ketones is 1. The Balaban J connectivity index is 3.27. The topological polar surface area (TPSA) is 134 Å². The van der Waals surface area contributed by atoms with Crippen molar-refractivity contribution in [2.75, 3.05) is 113 Å². The summed E-state index contributed by atoms with van der Waals surface area (Å²) in [4.78, 5) is 38.1. The third kappa shape index (κ3) is 43.1. The maximum absolute atomic E-state index is 12.2. The number of hydrogen-bond acceptors (Lipinski definition) is 10. The Bertz CT molecular complexity index is 893. The average Bonchev–Trinajstić information content (AvgIpc) is 3.08. The molecule has 0 bridgehead atoms. The highest BCUT2D eigenvalue weighted by Crippen LogP contribution is 2.18. The van der Waals surface area contributed by atoms with Crippen LogP contribution in [0.2, 0.25) is 0 Å². The molecule has 0 aliphatic rings. The lowest BCUT2D eigenvalue weighted by Crippen LogP contribution is -2.30. The van der Waals surface area contributed by atoms with Crippen LogP contribution in [0.3, 0.4) is 0 Å². The van der Waals surface area contributed by atoms with Crippen molar-refractivity contribution in [3.63, 3.8) is 0 Å². The molecule has 0 aliphatic carbocycles. The summed E-state index contributed by atoms with van der Waals surface area (Å²) in [5, 5.41) is 5.94. The molecule has 0 spiro atoms. The molecule has 12 heteroatoms. The highest BCUT2D eigenvalue weighted by atomic mass is 16.5. The van der Waals surface area contributed by atoms with Crippen molar-refractivity contribution in [2.24, 2.45) is 10.8 Å². The smallest absolute Gasteiger partial charge is 0.220 e. The van der Waals surface area contributed by atoms with Gasteiger partial charge in [-0.2, -0.15) is 0 Å². The van der Waals surface area contributed by atoms with Crippen LogP contribution in [-0.2, 0) is 42.8 Å². The highest BCUT2D eigenvalue weighted by molar-refractivity contribution is 5.78. The second kappa shape index (κ2) is 35.7. The number of nitrogens with one attached hydrogen (secondary N) is 2. The van der Waals surface area contributed by atoms with Crippen LogP contribution in [0.4, 0.5) is 0 Å². The standard InChI is InChI=1S/C42H83N3O9/c1-41(2,3)36-39(47)43-20-11-23-45(7)22-9-8-18-38(46)19-10-24-49-26-13-28-51-30-15-32-53-34-17-35-54-33-16-31-52-29-14-27-50-25-12-21-44-40(48)37-42(4,5)6/h8-37H2,1-7H3,(H,43,47)(H,44,48). The Kier molecular flexibility index (Phi) is 34.6. The minimum Gasteiger partial charge on any atom is -0.381 e. The first-order chi connectivity index (χ1) is 25.8. The Morgan fingerprint density at radius 1 is 0.426 bits per heavy atom. The third-order valence-electron chi connectivity index (χ3n) is 8.08. The first-order valence-electron chi connectivity index (χ1n) is 21.0. The normalized spacial score (nSPS) is 12.1. The SMILES string of the molecule is CN(CCCCC(=O)CCCOCCCOCCCOCCCOCCCOCCCOCCCNC(=O)CC(C)(C)C)CCCNC(=O)CC(C)(C)C. The maximum Gasteiger partial charge on any atom is 0.220 e. The molecule has 0 atom stereocenters. The minimum atomic E-state index is 0.0164. The van der Waals surface area contributed by atoms with Crippen molar-refractivity contribution >= 4 is 17.6 Å². The quantitative estimate of drug-likeness (QED) is 0.0679. The molecule has 0 aromatic heterocycles. The number of amides is 2. The van der Waals surface area contributed by atoms with Gasteiger partial charge in [-0.3, -0.25) is 14.4 Å². The van der Waals surface area contributed by atoms with E-state index in [0.29, 0.717) is 124 Å². The van der Waals surface area contributed by atoms with Gasteiger partial charge < -0.3 is 44.0 Å². The van der Waals surface area contributed by atoms with Crippen molar-refractivity contribution < 1.29 is 42.8 Å². The molecule has 0 aromatic rings. The molecule has 2 amide bonds. The number of carbonyl (C=O) groups is 3. The second-order valence-corrected chi connectivity index (χ2v) is 16.7. The van der Waals surface area contributed by atoms with E-state index in [9.17, 15) is 14.4 Å². The summed E-state index contributed by atoms with van der Waals surface area (Å²) in [6.07, 6.45) is 11.1. The number of rotatable bonds is 39. The van der Waals surface area contributed by atoms with E-state index in [2.05, 4.69) is 64.1 Å². The van der Waals surface area contributed by atoms with E-state index in [1.54, 1.807) is 0 Å². The molecule has 0 heterocycles. The highest BCUT2D eigenvalue weighted by Gasteiger charge is 2.16. The fraction of sp³-hybridized carbons (Fsp3) is 0.929. The van der Waals surface area contributed by atoms with E-state index < -0.39 is 0 Å². The molecule has 0 saturated heterocycles. The van der Waals surface area contributed by atoms with Gasteiger partial charge in [0.2, 0.25) is 11.8 Å². The predicted molar refractivity (Wildman–Crippen MR) is 217 cm³/mol. The van der Waals surface area contributed by atoms with E-state index in [1.807, 2.05) is 0 Å². The van der Waals surface area contributed by atoms with E-state index in [1.165, 1.54) is 0 Å². The summed E-state index contributed by atoms with van der Waals surface area (Å²) in [5.41, 5.74) is 0.0354. The number of hydrogen-bond donors (Lipinski definition) is 2. The first kappa shape index (κ1) is 52.3. The zero-order valence-electron chi connectivity index (χ0n) is 35.8. The molecule has 0 unspecified atom stereocenters. The van der Waals surface area contributed by atoms with Crippen LogP contribution < -0.4 is 10.6 Å². The Morgan fingerprint density at radius 2 is 0.741 bits per heavy atom. The second-order valence-electron chi connectivity index (χ2n) is 16.7. The number of carbonyl (C=O) groups excluding carboxylic acids is 3. The van der Waals surface area contributed by atoms with Crippen molar-refractivity contribution in [2.45, 2.75) is 131 Å². The lowest BCUT2D eigenvalue weighted by Gasteiger charge is -2.18. The number of unbranched alkanes of at least 4 members (excludes halogenated alkanes) is 1. The van der Waals surface area contributed by atoms with Crippen LogP contribution in [0.5, 0.6) is 0 Å². The van der Waals surface area contributed by atoms with Crippen molar-refractivity contribution in [3.05, 3.63) is 0 Å². The average molecular weight is 774 g/mol. The molecule has 0 rings (SSSR count). The molecule has 0 fully saturated rings. The lowest BCUT2D eigenvalue weighted by molar-refractivity contribution is -0.123. The Labute approximate surface area is 330 Å². The van der Waals surface area contributed by atoms with Crippen molar-refractivity contribution in [1.82, 2.24) is 15.5 Å². The number of nitrogens with zero attached hydrogens (tertiary/aromatic N) is 1. The van der Waals surface area contributed by atoms with Gasteiger partial charge in [0, 0.05) is 118 Å². The summed E-state index contributed by atoms with van der Waals surface area (Å²) >= 11 is 0. The predicted octanol–water partition coefficient (Wildman–Crippen LogP) is 6.37. The van der Waals surface area contributed by atoms with Gasteiger partial charge in [-0.15, -0.1) is 0 Å². The van der Waals surface area contributed by atoms with Gasteiger partial charge in [-0.1, -0.05) is 41.5 Å². The molecule has 12 nitrogen and oxygen atoms in total. The van der Waals surface area contributed by atoms with Gasteiger partial charge in [0.15, 0.2) is 0 Å². The van der Waals surface area contributed by atoms with E-state index in [4.69, 9.17) is 28.4 Å². The van der Waals surface area contributed by atoms with Gasteiger partial charge in [0.25, 0.3) is 0 Å². The van der Waals surface area contributed by atoms with Crippen LogP contribution in [0.25, 0.3) is 0 Å². The monoisotopic (exact) mass is 774 g/mol. The van der Waals surface area contributed by atoms with Crippen LogP contribution in [0, 0.1) is 10.8 Å². The van der Waals surface area contributed by atoms with Gasteiger partial charge >= 0.3 is 0 Å². The van der Waals surface area contributed by atoms with Crippen LogP contribution in [0.1, 0.15) is 131 Å². The molecule has 0 aromatic carbocycles. The summed E-state index contributed by atoms with van der Waals surface area (Å²) in [6, 6.07) is 0. The molecule has 0 aliphatic heterocycles. The molecule has 320 valence electrons. The molecular weight excluding hydrogens is 690 g/mol. The van der Waals surface area contributed by atoms with Crippen LogP contribution in [0.15, 0.2) is 0 Å². The lowest BCUT2D eigenvalue weighted by atomic mass is 9.92. The fourth-order valence-corrected chi connectivity index (χ4v) is 5.31.